The van der Waals surface area contributed by atoms with Crippen LogP contribution in [0, 0.1) is 11.8 Å². The third-order valence-corrected chi connectivity index (χ3v) is 12.5. The van der Waals surface area contributed by atoms with Crippen molar-refractivity contribution >= 4 is 43.2 Å². The normalized spacial score (nSPS) is 23.3. The highest BCUT2D eigenvalue weighted by Gasteiger charge is 2.47. The summed E-state index contributed by atoms with van der Waals surface area (Å²) in [5, 5.41) is 20.6. The summed E-state index contributed by atoms with van der Waals surface area (Å²) in [5.74, 6) is 0.985. The van der Waals surface area contributed by atoms with E-state index in [1.54, 1.807) is 4.72 Å². The Labute approximate surface area is 310 Å². The van der Waals surface area contributed by atoms with Gasteiger partial charge in [0.05, 0.1) is 43.2 Å². The molecule has 2 fully saturated rings. The molecule has 52 heavy (non-hydrogen) atoms. The first kappa shape index (κ1) is 44.7. The van der Waals surface area contributed by atoms with Crippen LogP contribution in [0.15, 0.2) is 46.2 Å². The molecule has 2 saturated heterocycles. The van der Waals surface area contributed by atoms with Crippen LogP contribution < -0.4 is 9.44 Å². The Morgan fingerprint density at radius 1 is 0.750 bits per heavy atom. The SMILES string of the molecule is CC1CC(C)N(C[C@@H](O)CNS(=O)(=O)c2ccc(Cl)c(Cl)c2)C1.CC1CC(C)N(C[C@@H](O)CNS(=O)(=O)c2cccc(C(F)(F)F)c2C(F)(F)F)C1. The summed E-state index contributed by atoms with van der Waals surface area (Å²) in [6.45, 7) is 9.71. The minimum atomic E-state index is -5.55. The molecule has 6 atom stereocenters. The Hall–Kier alpha value is -1.74. The summed E-state index contributed by atoms with van der Waals surface area (Å²) >= 11 is 11.6. The second-order valence-electron chi connectivity index (χ2n) is 13.5. The van der Waals surface area contributed by atoms with Gasteiger partial charge in [0, 0.05) is 51.4 Å². The van der Waals surface area contributed by atoms with Gasteiger partial charge in [-0.15, -0.1) is 0 Å². The number of benzene rings is 2. The second-order valence-corrected chi connectivity index (χ2v) is 17.9. The van der Waals surface area contributed by atoms with Crippen molar-refractivity contribution in [3.63, 3.8) is 0 Å². The number of hydrogen-bond acceptors (Lipinski definition) is 8. The zero-order valence-electron chi connectivity index (χ0n) is 28.8. The van der Waals surface area contributed by atoms with E-state index in [4.69, 9.17) is 23.2 Å². The topological polar surface area (TPSA) is 139 Å². The van der Waals surface area contributed by atoms with Gasteiger partial charge in [0.25, 0.3) is 0 Å². The summed E-state index contributed by atoms with van der Waals surface area (Å²) in [6, 6.07) is 5.89. The molecular formula is C32H44Cl2F6N4O6S2. The number of nitrogens with one attached hydrogen (secondary N) is 2. The van der Waals surface area contributed by atoms with Gasteiger partial charge in [-0.05, 0) is 68.9 Å². The molecule has 4 N–H and O–H groups in total. The fraction of sp³-hybridized carbons (Fsp3) is 0.625. The molecule has 296 valence electrons. The van der Waals surface area contributed by atoms with Gasteiger partial charge in [-0.25, -0.2) is 26.3 Å². The highest BCUT2D eigenvalue weighted by Crippen LogP contribution is 2.43. The van der Waals surface area contributed by atoms with Gasteiger partial charge in [0.2, 0.25) is 20.0 Å². The molecule has 0 bridgehead atoms. The van der Waals surface area contributed by atoms with Crippen LogP contribution in [-0.2, 0) is 32.4 Å². The summed E-state index contributed by atoms with van der Waals surface area (Å²) in [6.07, 6.45) is -11.0. The van der Waals surface area contributed by atoms with E-state index >= 15 is 0 Å². The first-order valence-corrected chi connectivity index (χ1v) is 20.1. The summed E-state index contributed by atoms with van der Waals surface area (Å²) < 4.78 is 132. The second kappa shape index (κ2) is 17.8. The van der Waals surface area contributed by atoms with Gasteiger partial charge in [-0.3, -0.25) is 9.80 Å². The van der Waals surface area contributed by atoms with E-state index < -0.39 is 67.2 Å². The molecule has 2 aliphatic rings. The number of halogens is 8. The minimum absolute atomic E-state index is 0.0299. The van der Waals surface area contributed by atoms with E-state index in [1.165, 1.54) is 18.2 Å². The maximum atomic E-state index is 13.3. The number of β-amino-alcohol motifs (C(OH)–C–C–N with tert-alkyl or cyclic N) is 2. The van der Waals surface area contributed by atoms with E-state index in [9.17, 15) is 53.4 Å². The maximum Gasteiger partial charge on any atom is 0.418 e. The van der Waals surface area contributed by atoms with Crippen molar-refractivity contribution in [2.24, 2.45) is 11.8 Å². The van der Waals surface area contributed by atoms with Gasteiger partial charge < -0.3 is 10.2 Å². The lowest BCUT2D eigenvalue weighted by molar-refractivity contribution is -0.163. The van der Waals surface area contributed by atoms with Crippen molar-refractivity contribution in [2.45, 2.75) is 87.0 Å². The largest absolute Gasteiger partial charge is 0.418 e. The molecule has 2 aromatic carbocycles. The molecule has 0 amide bonds. The molecule has 0 aliphatic carbocycles. The Balaban J connectivity index is 0.000000288. The summed E-state index contributed by atoms with van der Waals surface area (Å²) in [5.41, 5.74) is -4.37. The van der Waals surface area contributed by atoms with Crippen molar-refractivity contribution in [3.8, 4) is 0 Å². The number of sulfonamides is 2. The van der Waals surface area contributed by atoms with Crippen LogP contribution in [-0.4, -0.2) is 100 Å². The number of aliphatic hydroxyl groups is 2. The average molecular weight is 830 g/mol. The van der Waals surface area contributed by atoms with Crippen LogP contribution in [0.25, 0.3) is 0 Å². The number of likely N-dealkylation sites (tertiary alicyclic amines) is 2. The number of hydrogen-bond donors (Lipinski definition) is 4. The van der Waals surface area contributed by atoms with Crippen molar-refractivity contribution in [1.82, 2.24) is 19.2 Å². The third kappa shape index (κ3) is 12.4. The van der Waals surface area contributed by atoms with Gasteiger partial charge in [-0.1, -0.05) is 43.1 Å². The molecule has 0 radical (unpaired) electrons. The Kier molecular flexibility index (Phi) is 15.3. The molecular weight excluding hydrogens is 785 g/mol. The van der Waals surface area contributed by atoms with E-state index in [1.807, 2.05) is 18.7 Å². The van der Waals surface area contributed by atoms with Gasteiger partial charge in [0.15, 0.2) is 0 Å². The van der Waals surface area contributed by atoms with Crippen LogP contribution in [0.5, 0.6) is 0 Å². The standard InChI is InChI=1S/C17H22F6N2O3S.C15H22Cl2N2O3S/c1-10-6-11(2)25(8-10)9-12(26)7-24-29(27,28)14-5-3-4-13(16(18,19)20)15(14)17(21,22)23;1-10-5-11(2)19(8-10)9-12(20)7-18-23(21,22)13-3-4-14(16)15(17)6-13/h3-5,10-12,24,26H,6-9H2,1-2H3;3-4,6,10-12,18,20H,5,7-9H2,1-2H3/t2*10?,11?,12-/m00/s1. The summed E-state index contributed by atoms with van der Waals surface area (Å²) in [4.78, 5) is 2.59. The van der Waals surface area contributed by atoms with Gasteiger partial charge in [-0.2, -0.15) is 26.3 Å². The Morgan fingerprint density at radius 3 is 1.63 bits per heavy atom. The highest BCUT2D eigenvalue weighted by molar-refractivity contribution is 7.89. The molecule has 2 aliphatic heterocycles. The predicted molar refractivity (Wildman–Crippen MR) is 185 cm³/mol. The predicted octanol–water partition coefficient (Wildman–Crippen LogP) is 5.46. The summed E-state index contributed by atoms with van der Waals surface area (Å²) in [7, 11) is -8.68. The van der Waals surface area contributed by atoms with E-state index in [2.05, 4.69) is 23.5 Å². The molecule has 20 heteroatoms. The minimum Gasteiger partial charge on any atom is -0.390 e. The first-order valence-electron chi connectivity index (χ1n) is 16.4. The fourth-order valence-corrected chi connectivity index (χ4v) is 9.23. The lowest BCUT2D eigenvalue weighted by Gasteiger charge is -2.24. The molecule has 4 unspecified atom stereocenters. The lowest BCUT2D eigenvalue weighted by Crippen LogP contribution is -2.41. The Morgan fingerprint density at radius 2 is 1.23 bits per heavy atom. The molecule has 2 heterocycles. The van der Waals surface area contributed by atoms with E-state index in [0.29, 0.717) is 48.1 Å². The number of alkyl halides is 6. The van der Waals surface area contributed by atoms with Crippen molar-refractivity contribution in [1.29, 1.82) is 0 Å². The van der Waals surface area contributed by atoms with Crippen LogP contribution >= 0.6 is 23.2 Å². The van der Waals surface area contributed by atoms with Crippen LogP contribution in [0.2, 0.25) is 10.0 Å². The van der Waals surface area contributed by atoms with Gasteiger partial charge >= 0.3 is 12.4 Å². The zero-order chi connectivity index (χ0) is 39.4. The van der Waals surface area contributed by atoms with E-state index in [0.717, 1.165) is 19.4 Å². The average Bonchev–Trinajstić information content (AvgIpc) is 3.52. The molecule has 0 aromatic heterocycles. The van der Waals surface area contributed by atoms with Crippen LogP contribution in [0.4, 0.5) is 26.3 Å². The lowest BCUT2D eigenvalue weighted by atomic mass is 10.1. The number of aliphatic hydroxyl groups excluding tert-OH is 2. The van der Waals surface area contributed by atoms with Crippen molar-refractivity contribution in [3.05, 3.63) is 57.6 Å². The molecule has 2 aromatic rings. The zero-order valence-corrected chi connectivity index (χ0v) is 32.0. The molecule has 0 saturated carbocycles. The monoisotopic (exact) mass is 828 g/mol. The first-order chi connectivity index (χ1) is 23.8. The third-order valence-electron chi connectivity index (χ3n) is 8.84. The van der Waals surface area contributed by atoms with Crippen molar-refractivity contribution in [2.75, 3.05) is 39.3 Å². The molecule has 10 nitrogen and oxygen atoms in total. The number of nitrogens with zero attached hydrogens (tertiary/aromatic N) is 2. The van der Waals surface area contributed by atoms with Crippen LogP contribution in [0.3, 0.4) is 0 Å². The van der Waals surface area contributed by atoms with Crippen LogP contribution in [0.1, 0.15) is 51.7 Å². The maximum absolute atomic E-state index is 13.3. The van der Waals surface area contributed by atoms with E-state index in [-0.39, 0.29) is 35.1 Å². The fourth-order valence-electron chi connectivity index (χ4n) is 6.45. The molecule has 0 spiro atoms. The van der Waals surface area contributed by atoms with Gasteiger partial charge in [0.1, 0.15) is 0 Å². The number of rotatable bonds is 12. The highest BCUT2D eigenvalue weighted by atomic mass is 35.5. The molecule has 4 rings (SSSR count). The van der Waals surface area contributed by atoms with Crippen molar-refractivity contribution < 1.29 is 53.4 Å². The Bertz CT molecular complexity index is 1740. The quantitative estimate of drug-likeness (QED) is 0.207. The smallest absolute Gasteiger partial charge is 0.390 e.